The van der Waals surface area contributed by atoms with Crippen molar-refractivity contribution in [3.63, 3.8) is 0 Å². The first kappa shape index (κ1) is 15.8. The van der Waals surface area contributed by atoms with E-state index >= 15 is 0 Å². The molecular weight excluding hydrogens is 228 g/mol. The number of rotatable bonds is 8. The first-order valence-corrected chi connectivity index (χ1v) is 7.25. The van der Waals surface area contributed by atoms with Crippen molar-refractivity contribution in [2.75, 3.05) is 19.7 Å². The maximum atomic E-state index is 12.0. The number of aliphatic hydroxyl groups is 1. The Balaban J connectivity index is 4.92. The SMILES string of the molecule is CCN(CC)S(=O)(=O)NC(CC)(CC)CO. The summed E-state index contributed by atoms with van der Waals surface area (Å²) in [4.78, 5) is 0. The first-order valence-electron chi connectivity index (χ1n) is 5.81. The number of hydrogen-bond acceptors (Lipinski definition) is 3. The van der Waals surface area contributed by atoms with Crippen LogP contribution >= 0.6 is 0 Å². The molecule has 2 N–H and O–H groups in total. The van der Waals surface area contributed by atoms with Crippen molar-refractivity contribution in [2.24, 2.45) is 0 Å². The van der Waals surface area contributed by atoms with Gasteiger partial charge in [-0.05, 0) is 12.8 Å². The highest BCUT2D eigenvalue weighted by atomic mass is 32.2. The quantitative estimate of drug-likeness (QED) is 0.668. The molecule has 0 aliphatic rings. The number of nitrogens with one attached hydrogen (secondary N) is 1. The van der Waals surface area contributed by atoms with Gasteiger partial charge in [-0.15, -0.1) is 0 Å². The Hall–Kier alpha value is -0.170. The van der Waals surface area contributed by atoms with Crippen LogP contribution in [0.4, 0.5) is 0 Å². The Kier molecular flexibility index (Phi) is 6.47. The van der Waals surface area contributed by atoms with Gasteiger partial charge in [-0.2, -0.15) is 17.4 Å². The third-order valence-electron chi connectivity index (χ3n) is 3.05. The van der Waals surface area contributed by atoms with Crippen LogP contribution in [0.1, 0.15) is 40.5 Å². The third-order valence-corrected chi connectivity index (χ3v) is 4.93. The second-order valence-corrected chi connectivity index (χ2v) is 5.51. The molecule has 0 atom stereocenters. The lowest BCUT2D eigenvalue weighted by molar-refractivity contribution is 0.170. The Morgan fingerprint density at radius 2 is 1.56 bits per heavy atom. The highest BCUT2D eigenvalue weighted by molar-refractivity contribution is 7.87. The average molecular weight is 252 g/mol. The highest BCUT2D eigenvalue weighted by Crippen LogP contribution is 2.16. The van der Waals surface area contributed by atoms with E-state index in [9.17, 15) is 13.5 Å². The lowest BCUT2D eigenvalue weighted by Crippen LogP contribution is -2.55. The summed E-state index contributed by atoms with van der Waals surface area (Å²) < 4.78 is 27.9. The summed E-state index contributed by atoms with van der Waals surface area (Å²) in [6.07, 6.45) is 1.14. The van der Waals surface area contributed by atoms with E-state index in [2.05, 4.69) is 4.72 Å². The van der Waals surface area contributed by atoms with Gasteiger partial charge in [0.2, 0.25) is 0 Å². The van der Waals surface area contributed by atoms with Crippen LogP contribution in [0.25, 0.3) is 0 Å². The molecule has 0 aromatic rings. The zero-order valence-electron chi connectivity index (χ0n) is 10.7. The molecule has 0 radical (unpaired) electrons. The predicted octanol–water partition coefficient (Wildman–Crippen LogP) is 0.714. The molecule has 0 saturated heterocycles. The molecule has 0 bridgehead atoms. The molecule has 16 heavy (non-hydrogen) atoms. The summed E-state index contributed by atoms with van der Waals surface area (Å²) in [5, 5.41) is 9.32. The first-order chi connectivity index (χ1) is 7.41. The van der Waals surface area contributed by atoms with Crippen molar-refractivity contribution in [1.82, 2.24) is 9.03 Å². The van der Waals surface area contributed by atoms with Gasteiger partial charge in [0.25, 0.3) is 10.2 Å². The molecule has 0 aliphatic heterocycles. The molecule has 0 aliphatic carbocycles. The molecule has 5 nitrogen and oxygen atoms in total. The lowest BCUT2D eigenvalue weighted by Gasteiger charge is -2.32. The van der Waals surface area contributed by atoms with E-state index in [1.165, 1.54) is 4.31 Å². The second-order valence-electron chi connectivity index (χ2n) is 3.84. The van der Waals surface area contributed by atoms with Gasteiger partial charge in [0.05, 0.1) is 12.1 Å². The fraction of sp³-hybridized carbons (Fsp3) is 1.00. The summed E-state index contributed by atoms with van der Waals surface area (Å²) >= 11 is 0. The summed E-state index contributed by atoms with van der Waals surface area (Å²) in [5.74, 6) is 0. The Morgan fingerprint density at radius 3 is 1.81 bits per heavy atom. The lowest BCUT2D eigenvalue weighted by atomic mass is 9.96. The molecule has 6 heteroatoms. The van der Waals surface area contributed by atoms with Gasteiger partial charge in [0.15, 0.2) is 0 Å². The minimum Gasteiger partial charge on any atom is -0.394 e. The van der Waals surface area contributed by atoms with E-state index in [0.717, 1.165) is 0 Å². The fourth-order valence-corrected chi connectivity index (χ4v) is 3.26. The summed E-state index contributed by atoms with van der Waals surface area (Å²) in [5.41, 5.74) is -0.735. The van der Waals surface area contributed by atoms with E-state index in [1.807, 2.05) is 13.8 Å². The summed E-state index contributed by atoms with van der Waals surface area (Å²) in [7, 11) is -3.49. The Morgan fingerprint density at radius 1 is 1.12 bits per heavy atom. The maximum absolute atomic E-state index is 12.0. The van der Waals surface area contributed by atoms with Crippen LogP contribution in [0.2, 0.25) is 0 Å². The van der Waals surface area contributed by atoms with E-state index in [1.54, 1.807) is 13.8 Å². The molecule has 0 aromatic carbocycles. The van der Waals surface area contributed by atoms with E-state index in [4.69, 9.17) is 0 Å². The van der Waals surface area contributed by atoms with Crippen molar-refractivity contribution < 1.29 is 13.5 Å². The predicted molar refractivity (Wildman–Crippen MR) is 65.4 cm³/mol. The van der Waals surface area contributed by atoms with E-state index in [0.29, 0.717) is 25.9 Å². The molecule has 0 spiro atoms. The molecule has 0 amide bonds. The standard InChI is InChI=1S/C10H24N2O3S/c1-5-10(6-2,9-13)11-16(14,15)12(7-3)8-4/h11,13H,5-9H2,1-4H3. The van der Waals surface area contributed by atoms with Crippen LogP contribution in [-0.4, -0.2) is 43.1 Å². The number of aliphatic hydroxyl groups excluding tert-OH is 1. The molecule has 0 saturated carbocycles. The van der Waals surface area contributed by atoms with Gasteiger partial charge in [-0.3, -0.25) is 0 Å². The third kappa shape index (κ3) is 3.69. The van der Waals surface area contributed by atoms with Crippen LogP contribution < -0.4 is 4.72 Å². The van der Waals surface area contributed by atoms with E-state index in [-0.39, 0.29) is 6.61 Å². The van der Waals surface area contributed by atoms with Crippen molar-refractivity contribution in [3.05, 3.63) is 0 Å². The maximum Gasteiger partial charge on any atom is 0.280 e. The molecular formula is C10H24N2O3S. The minimum absolute atomic E-state index is 0.180. The van der Waals surface area contributed by atoms with Crippen LogP contribution in [-0.2, 0) is 10.2 Å². The zero-order chi connectivity index (χ0) is 12.8. The minimum atomic E-state index is -3.49. The average Bonchev–Trinajstić information content (AvgIpc) is 2.27. The van der Waals surface area contributed by atoms with Crippen molar-refractivity contribution in [3.8, 4) is 0 Å². The van der Waals surface area contributed by atoms with Gasteiger partial charge in [-0.25, -0.2) is 0 Å². The van der Waals surface area contributed by atoms with Gasteiger partial charge in [-0.1, -0.05) is 27.7 Å². The molecule has 0 rings (SSSR count). The van der Waals surface area contributed by atoms with Crippen LogP contribution in [0.5, 0.6) is 0 Å². The van der Waals surface area contributed by atoms with Gasteiger partial charge >= 0.3 is 0 Å². The topological polar surface area (TPSA) is 69.6 Å². The Labute approximate surface area is 99.0 Å². The summed E-state index contributed by atoms with van der Waals surface area (Å²) in [6, 6.07) is 0. The Bertz CT molecular complexity index is 274. The van der Waals surface area contributed by atoms with Gasteiger partial charge < -0.3 is 5.11 Å². The number of hydrogen-bond donors (Lipinski definition) is 2. The van der Waals surface area contributed by atoms with Crippen molar-refractivity contribution >= 4 is 10.2 Å². The van der Waals surface area contributed by atoms with E-state index < -0.39 is 15.7 Å². The molecule has 0 heterocycles. The molecule has 98 valence electrons. The van der Waals surface area contributed by atoms with Crippen LogP contribution in [0.15, 0.2) is 0 Å². The van der Waals surface area contributed by atoms with Crippen molar-refractivity contribution in [1.29, 1.82) is 0 Å². The van der Waals surface area contributed by atoms with Crippen LogP contribution in [0, 0.1) is 0 Å². The normalized spacial score (nSPS) is 13.4. The second kappa shape index (κ2) is 6.54. The van der Waals surface area contributed by atoms with Gasteiger partial charge in [0.1, 0.15) is 0 Å². The highest BCUT2D eigenvalue weighted by Gasteiger charge is 2.32. The molecule has 0 unspecified atom stereocenters. The van der Waals surface area contributed by atoms with Crippen LogP contribution in [0.3, 0.4) is 0 Å². The van der Waals surface area contributed by atoms with Crippen molar-refractivity contribution in [2.45, 2.75) is 46.1 Å². The number of nitrogens with zero attached hydrogens (tertiary/aromatic N) is 1. The molecule has 0 aromatic heterocycles. The fourth-order valence-electron chi connectivity index (χ4n) is 1.55. The largest absolute Gasteiger partial charge is 0.394 e. The summed E-state index contributed by atoms with van der Waals surface area (Å²) in [6.45, 7) is 8.00. The molecule has 0 fully saturated rings. The smallest absolute Gasteiger partial charge is 0.280 e. The van der Waals surface area contributed by atoms with Gasteiger partial charge in [0, 0.05) is 13.1 Å². The zero-order valence-corrected chi connectivity index (χ0v) is 11.5. The monoisotopic (exact) mass is 252 g/mol.